The SMILES string of the molecule is O=C(CCc1nc(-c2ccc(Cl)cc2)no1)NC1CCOc2ccc(Br)cc21. The molecule has 0 saturated heterocycles. The van der Waals surface area contributed by atoms with Gasteiger partial charge in [-0.15, -0.1) is 0 Å². The van der Waals surface area contributed by atoms with Gasteiger partial charge in [0.25, 0.3) is 0 Å². The minimum atomic E-state index is -0.0685. The second kappa shape index (κ2) is 8.32. The molecule has 1 aliphatic rings. The summed E-state index contributed by atoms with van der Waals surface area (Å²) in [5, 5.41) is 7.68. The van der Waals surface area contributed by atoms with Crippen molar-refractivity contribution in [1.29, 1.82) is 0 Å². The summed E-state index contributed by atoms with van der Waals surface area (Å²) in [5.74, 6) is 1.65. The van der Waals surface area contributed by atoms with E-state index < -0.39 is 0 Å². The number of nitrogens with zero attached hydrogens (tertiary/aromatic N) is 2. The third-order valence-corrected chi connectivity index (χ3v) is 5.23. The largest absolute Gasteiger partial charge is 0.493 e. The molecule has 6 nitrogen and oxygen atoms in total. The number of carbonyl (C=O) groups is 1. The van der Waals surface area contributed by atoms with Crippen molar-refractivity contribution in [3.63, 3.8) is 0 Å². The predicted octanol–water partition coefficient (Wildman–Crippen LogP) is 4.73. The zero-order chi connectivity index (χ0) is 19.5. The molecular weight excluding hydrogens is 446 g/mol. The van der Waals surface area contributed by atoms with Crippen molar-refractivity contribution in [2.45, 2.75) is 25.3 Å². The maximum Gasteiger partial charge on any atom is 0.227 e. The Kier molecular flexibility index (Phi) is 5.64. The van der Waals surface area contributed by atoms with Crippen LogP contribution in [0.3, 0.4) is 0 Å². The number of hydrogen-bond donors (Lipinski definition) is 1. The van der Waals surface area contributed by atoms with Gasteiger partial charge in [-0.05, 0) is 42.5 Å². The number of halogens is 2. The third-order valence-electron chi connectivity index (χ3n) is 4.48. The molecular formula is C20H17BrClN3O3. The van der Waals surface area contributed by atoms with E-state index in [-0.39, 0.29) is 18.4 Å². The normalized spacial score (nSPS) is 15.6. The van der Waals surface area contributed by atoms with E-state index in [2.05, 4.69) is 31.4 Å². The van der Waals surface area contributed by atoms with Crippen LogP contribution in [0.2, 0.25) is 5.02 Å². The molecule has 0 spiro atoms. The first-order chi connectivity index (χ1) is 13.6. The van der Waals surface area contributed by atoms with Crippen LogP contribution in [0.5, 0.6) is 5.75 Å². The molecule has 0 saturated carbocycles. The number of ether oxygens (including phenoxy) is 1. The van der Waals surface area contributed by atoms with Gasteiger partial charge < -0.3 is 14.6 Å². The zero-order valence-corrected chi connectivity index (χ0v) is 17.2. The number of carbonyl (C=O) groups excluding carboxylic acids is 1. The number of rotatable bonds is 5. The molecule has 4 rings (SSSR count). The van der Waals surface area contributed by atoms with Crippen LogP contribution in [-0.4, -0.2) is 22.7 Å². The highest BCUT2D eigenvalue weighted by atomic mass is 79.9. The van der Waals surface area contributed by atoms with Crippen LogP contribution in [0.15, 0.2) is 51.5 Å². The monoisotopic (exact) mass is 461 g/mol. The Labute approximate surface area is 175 Å². The first-order valence-corrected chi connectivity index (χ1v) is 10.1. The lowest BCUT2D eigenvalue weighted by Crippen LogP contribution is -2.32. The summed E-state index contributed by atoms with van der Waals surface area (Å²) in [6.07, 6.45) is 1.38. The molecule has 2 aromatic carbocycles. The van der Waals surface area contributed by atoms with Crippen LogP contribution in [0.25, 0.3) is 11.4 Å². The van der Waals surface area contributed by atoms with Gasteiger partial charge in [0.05, 0.1) is 12.6 Å². The number of aromatic nitrogens is 2. The van der Waals surface area contributed by atoms with Crippen molar-refractivity contribution < 1.29 is 14.1 Å². The highest BCUT2D eigenvalue weighted by Gasteiger charge is 2.23. The minimum absolute atomic E-state index is 0.0657. The molecule has 28 heavy (non-hydrogen) atoms. The van der Waals surface area contributed by atoms with Crippen molar-refractivity contribution in [1.82, 2.24) is 15.5 Å². The molecule has 0 fully saturated rings. The standard InChI is InChI=1S/C20H17BrClN3O3/c21-13-3-6-17-15(11-13)16(9-10-27-17)23-18(26)7-8-19-24-20(25-28-19)12-1-4-14(22)5-2-12/h1-6,11,16H,7-10H2,(H,23,26). The molecule has 0 aliphatic carbocycles. The Morgan fingerprint density at radius 3 is 2.89 bits per heavy atom. The molecule has 1 N–H and O–H groups in total. The van der Waals surface area contributed by atoms with Crippen LogP contribution < -0.4 is 10.1 Å². The van der Waals surface area contributed by atoms with Gasteiger partial charge in [0.15, 0.2) is 0 Å². The molecule has 0 radical (unpaired) electrons. The number of amides is 1. The molecule has 1 unspecified atom stereocenters. The quantitative estimate of drug-likeness (QED) is 0.593. The Bertz CT molecular complexity index is 991. The summed E-state index contributed by atoms with van der Waals surface area (Å²) in [6.45, 7) is 0.577. The number of aryl methyl sites for hydroxylation is 1. The van der Waals surface area contributed by atoms with E-state index in [0.29, 0.717) is 29.8 Å². The second-order valence-corrected chi connectivity index (χ2v) is 7.81. The van der Waals surface area contributed by atoms with Crippen LogP contribution >= 0.6 is 27.5 Å². The van der Waals surface area contributed by atoms with Gasteiger partial charge in [0.1, 0.15) is 5.75 Å². The Morgan fingerprint density at radius 1 is 1.25 bits per heavy atom. The molecule has 0 bridgehead atoms. The van der Waals surface area contributed by atoms with Crippen molar-refractivity contribution >= 4 is 33.4 Å². The number of hydrogen-bond acceptors (Lipinski definition) is 5. The Hall–Kier alpha value is -2.38. The van der Waals surface area contributed by atoms with Crippen molar-refractivity contribution in [2.24, 2.45) is 0 Å². The summed E-state index contributed by atoms with van der Waals surface area (Å²) in [4.78, 5) is 16.8. The van der Waals surface area contributed by atoms with E-state index in [4.69, 9.17) is 20.9 Å². The van der Waals surface area contributed by atoms with Crippen molar-refractivity contribution in [3.8, 4) is 17.1 Å². The molecule has 1 amide bonds. The summed E-state index contributed by atoms with van der Waals surface area (Å²) in [5.41, 5.74) is 1.80. The molecule has 2 heterocycles. The van der Waals surface area contributed by atoms with Gasteiger partial charge in [0, 0.05) is 39.9 Å². The molecule has 1 atom stereocenters. The van der Waals surface area contributed by atoms with Crippen molar-refractivity contribution in [3.05, 3.63) is 63.4 Å². The van der Waals surface area contributed by atoms with E-state index >= 15 is 0 Å². The molecule has 144 valence electrons. The highest BCUT2D eigenvalue weighted by molar-refractivity contribution is 9.10. The Balaban J connectivity index is 1.36. The van der Waals surface area contributed by atoms with Gasteiger partial charge in [-0.2, -0.15) is 4.98 Å². The maximum atomic E-state index is 12.4. The van der Waals surface area contributed by atoms with Gasteiger partial charge in [-0.25, -0.2) is 0 Å². The van der Waals surface area contributed by atoms with E-state index in [1.54, 1.807) is 12.1 Å². The van der Waals surface area contributed by atoms with Crippen molar-refractivity contribution in [2.75, 3.05) is 6.61 Å². The number of nitrogens with one attached hydrogen (secondary N) is 1. The van der Waals surface area contributed by atoms with Gasteiger partial charge in [-0.1, -0.05) is 32.7 Å². The summed E-state index contributed by atoms with van der Waals surface area (Å²) < 4.78 is 11.9. The van der Waals surface area contributed by atoms with E-state index in [9.17, 15) is 4.79 Å². The number of fused-ring (bicyclic) bond motifs is 1. The van der Waals surface area contributed by atoms with Crippen LogP contribution in [0.4, 0.5) is 0 Å². The fourth-order valence-electron chi connectivity index (χ4n) is 3.07. The summed E-state index contributed by atoms with van der Waals surface area (Å²) in [7, 11) is 0. The lowest BCUT2D eigenvalue weighted by molar-refractivity contribution is -0.122. The number of benzene rings is 2. The summed E-state index contributed by atoms with van der Waals surface area (Å²) in [6, 6.07) is 12.9. The summed E-state index contributed by atoms with van der Waals surface area (Å²) >= 11 is 9.36. The molecule has 1 aliphatic heterocycles. The van der Waals surface area contributed by atoms with Gasteiger partial charge >= 0.3 is 0 Å². The fraction of sp³-hybridized carbons (Fsp3) is 0.250. The fourth-order valence-corrected chi connectivity index (χ4v) is 3.58. The first kappa shape index (κ1) is 19.0. The van der Waals surface area contributed by atoms with Crippen LogP contribution in [0.1, 0.15) is 30.3 Å². The van der Waals surface area contributed by atoms with Gasteiger partial charge in [0.2, 0.25) is 17.6 Å². The lowest BCUT2D eigenvalue weighted by atomic mass is 10.0. The maximum absolute atomic E-state index is 12.4. The third kappa shape index (κ3) is 4.36. The Morgan fingerprint density at radius 2 is 2.07 bits per heavy atom. The smallest absolute Gasteiger partial charge is 0.227 e. The zero-order valence-electron chi connectivity index (χ0n) is 14.8. The molecule has 8 heteroatoms. The average molecular weight is 463 g/mol. The minimum Gasteiger partial charge on any atom is -0.493 e. The molecule has 1 aromatic heterocycles. The van der Waals surface area contributed by atoms with E-state index in [0.717, 1.165) is 27.8 Å². The molecule has 3 aromatic rings. The lowest BCUT2D eigenvalue weighted by Gasteiger charge is -2.26. The van der Waals surface area contributed by atoms with E-state index in [1.165, 1.54) is 0 Å². The average Bonchev–Trinajstić information content (AvgIpc) is 3.16. The first-order valence-electron chi connectivity index (χ1n) is 8.88. The highest BCUT2D eigenvalue weighted by Crippen LogP contribution is 2.34. The predicted molar refractivity (Wildman–Crippen MR) is 108 cm³/mol. The second-order valence-electron chi connectivity index (χ2n) is 6.46. The van der Waals surface area contributed by atoms with Crippen LogP contribution in [-0.2, 0) is 11.2 Å². The van der Waals surface area contributed by atoms with E-state index in [1.807, 2.05) is 30.3 Å². The van der Waals surface area contributed by atoms with Crippen LogP contribution in [0, 0.1) is 0 Å². The van der Waals surface area contributed by atoms with Gasteiger partial charge in [-0.3, -0.25) is 4.79 Å². The topological polar surface area (TPSA) is 77.2 Å².